The standard InChI is InChI=1S/C38H52N6O9S/c1-7-51-32-27-14-10-11-15-28(27)33(42-41-32)52-25-19-29-31(45)40-38(35(47)43-54(49,50)26-16-17-26)20-24(38)13-9-8-12-22(2)18-23(3)30(34(46)44(29)21-25)39-36(48)53-37(4,5)6/h9-11,13-15,22-26,29-30H,7-8,12,16-21H2,1-6H3,(H,39,48)(H,40,45)(H,43,47). The number of benzene rings is 1. The third-order valence-electron chi connectivity index (χ3n) is 10.5. The van der Waals surface area contributed by atoms with Gasteiger partial charge in [0.15, 0.2) is 0 Å². The summed E-state index contributed by atoms with van der Waals surface area (Å²) in [5.74, 6) is -2.06. The number of nitrogens with one attached hydrogen (secondary N) is 3. The number of carbonyl (C=O) groups is 4. The molecule has 4 amide bonds. The van der Waals surface area contributed by atoms with Gasteiger partial charge in [-0.2, -0.15) is 0 Å². The molecule has 16 heteroatoms. The van der Waals surface area contributed by atoms with Gasteiger partial charge in [-0.3, -0.25) is 19.1 Å². The summed E-state index contributed by atoms with van der Waals surface area (Å²) in [7, 11) is -3.90. The van der Waals surface area contributed by atoms with E-state index in [4.69, 9.17) is 14.2 Å². The summed E-state index contributed by atoms with van der Waals surface area (Å²) in [5, 5.41) is 14.9. The number of sulfonamides is 1. The van der Waals surface area contributed by atoms with Crippen LogP contribution in [0.15, 0.2) is 36.4 Å². The third-order valence-corrected chi connectivity index (χ3v) is 12.3. The second-order valence-corrected chi connectivity index (χ2v) is 18.1. The fraction of sp³-hybridized carbons (Fsp3) is 0.632. The lowest BCUT2D eigenvalue weighted by Crippen LogP contribution is -2.59. The fourth-order valence-corrected chi connectivity index (χ4v) is 8.84. The molecule has 0 radical (unpaired) electrons. The monoisotopic (exact) mass is 768 g/mol. The first kappa shape index (κ1) is 39.2. The van der Waals surface area contributed by atoms with Gasteiger partial charge in [-0.1, -0.05) is 38.1 Å². The van der Waals surface area contributed by atoms with E-state index in [-0.39, 0.29) is 37.1 Å². The summed E-state index contributed by atoms with van der Waals surface area (Å²) in [6.07, 6.45) is 5.49. The molecule has 3 heterocycles. The van der Waals surface area contributed by atoms with Crippen molar-refractivity contribution in [3.8, 4) is 11.8 Å². The van der Waals surface area contributed by atoms with Gasteiger partial charge < -0.3 is 29.7 Å². The fourth-order valence-electron chi connectivity index (χ4n) is 7.48. The van der Waals surface area contributed by atoms with E-state index in [0.29, 0.717) is 48.9 Å². The number of carbonyl (C=O) groups excluding carboxylic acids is 4. The normalized spacial score (nSPS) is 29.2. The molecule has 1 saturated heterocycles. The number of hydrogen-bond acceptors (Lipinski definition) is 11. The van der Waals surface area contributed by atoms with Crippen LogP contribution in [0.5, 0.6) is 11.8 Å². The zero-order valence-corrected chi connectivity index (χ0v) is 32.6. The molecule has 2 aromatic rings. The minimum absolute atomic E-state index is 0.0172. The Balaban J connectivity index is 1.35. The second kappa shape index (κ2) is 15.3. The van der Waals surface area contributed by atoms with Gasteiger partial charge in [0.1, 0.15) is 29.3 Å². The maximum absolute atomic E-state index is 14.7. The second-order valence-electron chi connectivity index (χ2n) is 16.2. The van der Waals surface area contributed by atoms with E-state index in [2.05, 4.69) is 32.5 Å². The highest BCUT2D eigenvalue weighted by Crippen LogP contribution is 2.46. The van der Waals surface area contributed by atoms with Crippen LogP contribution in [0.4, 0.5) is 4.79 Å². The lowest BCUT2D eigenvalue weighted by Gasteiger charge is -2.33. The van der Waals surface area contributed by atoms with Crippen LogP contribution in [0.3, 0.4) is 0 Å². The van der Waals surface area contributed by atoms with Gasteiger partial charge in [0.2, 0.25) is 33.6 Å². The predicted molar refractivity (Wildman–Crippen MR) is 199 cm³/mol. The Morgan fingerprint density at radius 2 is 1.72 bits per heavy atom. The topological polar surface area (TPSA) is 195 Å². The molecule has 7 unspecified atom stereocenters. The number of rotatable bonds is 8. The van der Waals surface area contributed by atoms with Crippen molar-refractivity contribution in [3.05, 3.63) is 36.4 Å². The highest BCUT2D eigenvalue weighted by atomic mass is 32.2. The Morgan fingerprint density at radius 3 is 2.39 bits per heavy atom. The van der Waals surface area contributed by atoms with Gasteiger partial charge in [0, 0.05) is 12.3 Å². The van der Waals surface area contributed by atoms with E-state index in [0.717, 1.165) is 6.42 Å². The highest BCUT2D eigenvalue weighted by molar-refractivity contribution is 7.91. The van der Waals surface area contributed by atoms with E-state index < -0.39 is 74.3 Å². The minimum atomic E-state index is -3.90. The molecule has 0 bridgehead atoms. The third kappa shape index (κ3) is 8.74. The minimum Gasteiger partial charge on any atom is -0.476 e. The lowest BCUT2D eigenvalue weighted by atomic mass is 9.88. The van der Waals surface area contributed by atoms with Crippen molar-refractivity contribution in [2.24, 2.45) is 17.8 Å². The zero-order valence-electron chi connectivity index (χ0n) is 31.8. The molecule has 0 spiro atoms. The quantitative estimate of drug-likeness (QED) is 0.331. The smallest absolute Gasteiger partial charge is 0.408 e. The summed E-state index contributed by atoms with van der Waals surface area (Å²) >= 11 is 0. The summed E-state index contributed by atoms with van der Waals surface area (Å²) in [4.78, 5) is 57.5. The average Bonchev–Trinajstić information content (AvgIpc) is 4.02. The van der Waals surface area contributed by atoms with Crippen LogP contribution in [0.2, 0.25) is 0 Å². The first-order valence-corrected chi connectivity index (χ1v) is 20.5. The molecule has 54 heavy (non-hydrogen) atoms. The Bertz CT molecular complexity index is 1910. The molecule has 3 N–H and O–H groups in total. The Labute approximate surface area is 316 Å². The predicted octanol–water partition coefficient (Wildman–Crippen LogP) is 3.77. The van der Waals surface area contributed by atoms with Crippen LogP contribution in [0.1, 0.15) is 86.5 Å². The van der Waals surface area contributed by atoms with Gasteiger partial charge in [0.25, 0.3) is 5.91 Å². The molecule has 6 rings (SSSR count). The number of hydrogen-bond donors (Lipinski definition) is 3. The van der Waals surface area contributed by atoms with Gasteiger partial charge in [-0.25, -0.2) is 13.2 Å². The van der Waals surface area contributed by atoms with E-state index in [1.165, 1.54) is 4.90 Å². The first-order chi connectivity index (χ1) is 25.5. The molecule has 2 saturated carbocycles. The maximum atomic E-state index is 14.7. The molecular weight excluding hydrogens is 717 g/mol. The number of ether oxygens (including phenoxy) is 3. The number of allylic oxidation sites excluding steroid dienone is 1. The van der Waals surface area contributed by atoms with E-state index in [1.807, 2.05) is 50.3 Å². The average molecular weight is 769 g/mol. The summed E-state index contributed by atoms with van der Waals surface area (Å²) in [5.41, 5.74) is -2.34. The number of nitrogens with zero attached hydrogens (tertiary/aromatic N) is 3. The van der Waals surface area contributed by atoms with Gasteiger partial charge in [-0.05, 0) is 90.2 Å². The molecule has 3 fully saturated rings. The van der Waals surface area contributed by atoms with Crippen molar-refractivity contribution in [1.82, 2.24) is 30.5 Å². The van der Waals surface area contributed by atoms with Crippen molar-refractivity contribution < 1.29 is 41.8 Å². The van der Waals surface area contributed by atoms with Crippen molar-refractivity contribution in [2.45, 2.75) is 121 Å². The summed E-state index contributed by atoms with van der Waals surface area (Å²) < 4.78 is 45.6. The van der Waals surface area contributed by atoms with Crippen molar-refractivity contribution in [1.29, 1.82) is 0 Å². The molecule has 2 aliphatic carbocycles. The molecule has 2 aliphatic heterocycles. The Hall–Kier alpha value is -4.47. The highest BCUT2D eigenvalue weighted by Gasteiger charge is 2.62. The van der Waals surface area contributed by atoms with Crippen LogP contribution < -0.4 is 24.8 Å². The van der Waals surface area contributed by atoms with Gasteiger partial charge >= 0.3 is 6.09 Å². The first-order valence-electron chi connectivity index (χ1n) is 18.9. The van der Waals surface area contributed by atoms with E-state index in [9.17, 15) is 27.6 Å². The number of amides is 4. The van der Waals surface area contributed by atoms with Crippen LogP contribution in [-0.2, 0) is 29.1 Å². The number of aromatic nitrogens is 2. The molecule has 294 valence electrons. The van der Waals surface area contributed by atoms with Crippen LogP contribution in [0.25, 0.3) is 10.8 Å². The van der Waals surface area contributed by atoms with E-state index in [1.54, 1.807) is 20.8 Å². The molecule has 15 nitrogen and oxygen atoms in total. The van der Waals surface area contributed by atoms with E-state index >= 15 is 0 Å². The van der Waals surface area contributed by atoms with Gasteiger partial charge in [-0.15, -0.1) is 10.2 Å². The van der Waals surface area contributed by atoms with Crippen LogP contribution >= 0.6 is 0 Å². The SMILES string of the molecule is CCOc1nnc(OC2CC3C(=O)NC4(C(=O)NS(=O)(=O)C5CC5)CC4C=CCCC(C)CC(C)C(NC(=O)OC(C)(C)C)C(=O)N3C2)c2ccccc12. The van der Waals surface area contributed by atoms with Crippen molar-refractivity contribution in [3.63, 3.8) is 0 Å². The zero-order chi connectivity index (χ0) is 39.0. The maximum Gasteiger partial charge on any atom is 0.408 e. The molecule has 1 aromatic carbocycles. The Kier molecular flexibility index (Phi) is 11.1. The van der Waals surface area contributed by atoms with Crippen LogP contribution in [0, 0.1) is 17.8 Å². The number of fused-ring (bicyclic) bond motifs is 3. The van der Waals surface area contributed by atoms with Crippen LogP contribution in [-0.4, -0.2) is 95.1 Å². The Morgan fingerprint density at radius 1 is 1.04 bits per heavy atom. The molecule has 1 aromatic heterocycles. The summed E-state index contributed by atoms with van der Waals surface area (Å²) in [6.45, 7) is 11.3. The largest absolute Gasteiger partial charge is 0.476 e. The van der Waals surface area contributed by atoms with Gasteiger partial charge in [0.05, 0.1) is 29.2 Å². The molecule has 7 atom stereocenters. The molecular formula is C38H52N6O9S. The lowest BCUT2D eigenvalue weighted by molar-refractivity contribution is -0.142. The number of alkyl carbamates (subject to hydrolysis) is 1. The molecule has 4 aliphatic rings. The van der Waals surface area contributed by atoms with Crippen molar-refractivity contribution in [2.75, 3.05) is 13.2 Å². The van der Waals surface area contributed by atoms with Crippen molar-refractivity contribution >= 4 is 44.6 Å². The summed E-state index contributed by atoms with van der Waals surface area (Å²) in [6, 6.07) is 5.12.